The van der Waals surface area contributed by atoms with Crippen LogP contribution in [0.3, 0.4) is 0 Å². The summed E-state index contributed by atoms with van der Waals surface area (Å²) in [7, 11) is 0. The van der Waals surface area contributed by atoms with E-state index in [0.717, 1.165) is 70.9 Å². The smallest absolute Gasteiger partial charge is 0.327 e. The summed E-state index contributed by atoms with van der Waals surface area (Å²) in [5, 5.41) is 0. The number of piperazine rings is 1. The highest BCUT2D eigenvalue weighted by Gasteiger charge is 2.46. The lowest BCUT2D eigenvalue weighted by Gasteiger charge is -2.32. The molecule has 3 amide bonds. The molecule has 1 N–H and O–H groups in total. The Kier molecular flexibility index (Phi) is 5.01. The largest absolute Gasteiger partial charge is 0.332 e. The number of fused-ring (bicyclic) bond motifs is 1. The summed E-state index contributed by atoms with van der Waals surface area (Å²) >= 11 is 0. The number of amides is 3. The van der Waals surface area contributed by atoms with Crippen molar-refractivity contribution >= 4 is 17.9 Å². The normalized spacial score (nSPS) is 23.8. The fourth-order valence-corrected chi connectivity index (χ4v) is 4.26. The summed E-state index contributed by atoms with van der Waals surface area (Å²) < 4.78 is 0. The molecule has 3 fully saturated rings. The average molecular weight is 359 g/mol. The monoisotopic (exact) mass is 359 g/mol. The molecule has 1 aromatic rings. The van der Waals surface area contributed by atoms with Gasteiger partial charge in [-0.2, -0.15) is 0 Å². The highest BCUT2D eigenvalue weighted by molar-refractivity contribution is 6.04. The molecule has 140 valence electrons. The summed E-state index contributed by atoms with van der Waals surface area (Å²) in [6.07, 6.45) is 7.30. The van der Waals surface area contributed by atoms with Gasteiger partial charge >= 0.3 is 6.03 Å². The van der Waals surface area contributed by atoms with Gasteiger partial charge in [0.05, 0.1) is 32.7 Å². The van der Waals surface area contributed by atoms with Crippen LogP contribution in [0, 0.1) is 0 Å². The van der Waals surface area contributed by atoms with Crippen molar-refractivity contribution in [1.82, 2.24) is 19.8 Å². The number of carbonyl (C=O) groups excluding carboxylic acids is 2. The molecule has 3 aliphatic heterocycles. The summed E-state index contributed by atoms with van der Waals surface area (Å²) in [6, 6.07) is 1.60. The average Bonchev–Trinajstić information content (AvgIpc) is 3.25. The van der Waals surface area contributed by atoms with Gasteiger partial charge < -0.3 is 14.7 Å². The predicted molar refractivity (Wildman–Crippen MR) is 95.9 cm³/mol. The third-order valence-electron chi connectivity index (χ3n) is 5.75. The Morgan fingerprint density at radius 2 is 1.85 bits per heavy atom. The number of anilines is 1. The molecule has 1 aromatic heterocycles. The lowest BCUT2D eigenvalue weighted by Crippen LogP contribution is -3.14. The van der Waals surface area contributed by atoms with Crippen LogP contribution in [0.4, 0.5) is 10.7 Å². The van der Waals surface area contributed by atoms with E-state index in [1.165, 1.54) is 4.90 Å². The third-order valence-corrected chi connectivity index (χ3v) is 5.75. The van der Waals surface area contributed by atoms with Crippen molar-refractivity contribution in [3.63, 3.8) is 0 Å². The lowest BCUT2D eigenvalue weighted by molar-refractivity contribution is -0.900. The Morgan fingerprint density at radius 3 is 2.58 bits per heavy atom. The van der Waals surface area contributed by atoms with E-state index in [2.05, 4.69) is 14.9 Å². The SMILES string of the molecule is O=C1[C@H]2CCCN2C(=O)N1CCCC[NH+]1CCN(c2ncccn2)CC1. The fourth-order valence-electron chi connectivity index (χ4n) is 4.26. The second kappa shape index (κ2) is 7.57. The molecule has 1 atom stereocenters. The fraction of sp³-hybridized carbons (Fsp3) is 0.667. The molecule has 0 unspecified atom stereocenters. The minimum atomic E-state index is -0.165. The second-order valence-corrected chi connectivity index (χ2v) is 7.37. The van der Waals surface area contributed by atoms with E-state index in [-0.39, 0.29) is 18.0 Å². The molecule has 4 heterocycles. The molecule has 8 nitrogen and oxygen atoms in total. The van der Waals surface area contributed by atoms with Gasteiger partial charge in [-0.05, 0) is 31.7 Å². The highest BCUT2D eigenvalue weighted by Crippen LogP contribution is 2.27. The molecular weight excluding hydrogens is 332 g/mol. The van der Waals surface area contributed by atoms with Crippen molar-refractivity contribution in [2.24, 2.45) is 0 Å². The summed E-state index contributed by atoms with van der Waals surface area (Å²) in [6.45, 7) is 6.50. The Morgan fingerprint density at radius 1 is 1.08 bits per heavy atom. The Hall–Kier alpha value is -2.22. The van der Waals surface area contributed by atoms with Gasteiger partial charge in [-0.3, -0.25) is 9.69 Å². The van der Waals surface area contributed by atoms with Gasteiger partial charge in [0.15, 0.2) is 0 Å². The van der Waals surface area contributed by atoms with Crippen LogP contribution in [0.25, 0.3) is 0 Å². The molecule has 3 aliphatic rings. The first-order valence-corrected chi connectivity index (χ1v) is 9.71. The Labute approximate surface area is 153 Å². The summed E-state index contributed by atoms with van der Waals surface area (Å²) in [5.74, 6) is 0.842. The molecule has 0 aromatic carbocycles. The minimum absolute atomic E-state index is 0.0244. The molecule has 0 bridgehead atoms. The molecule has 4 rings (SSSR count). The van der Waals surface area contributed by atoms with Crippen LogP contribution in [-0.2, 0) is 4.79 Å². The van der Waals surface area contributed by atoms with Crippen molar-refractivity contribution in [3.05, 3.63) is 18.5 Å². The van der Waals surface area contributed by atoms with Gasteiger partial charge in [0.2, 0.25) is 5.95 Å². The van der Waals surface area contributed by atoms with Crippen molar-refractivity contribution in [2.45, 2.75) is 31.7 Å². The second-order valence-electron chi connectivity index (χ2n) is 7.37. The number of hydrogen-bond acceptors (Lipinski definition) is 5. The quantitative estimate of drug-likeness (QED) is 0.542. The van der Waals surface area contributed by atoms with E-state index in [4.69, 9.17) is 0 Å². The third kappa shape index (κ3) is 3.38. The maximum absolute atomic E-state index is 12.3. The Bertz CT molecular complexity index is 624. The van der Waals surface area contributed by atoms with E-state index in [0.29, 0.717) is 6.54 Å². The van der Waals surface area contributed by atoms with Gasteiger partial charge in [-0.1, -0.05) is 0 Å². The first-order valence-electron chi connectivity index (χ1n) is 9.71. The molecule has 3 saturated heterocycles. The van der Waals surface area contributed by atoms with Gasteiger partial charge in [-0.25, -0.2) is 14.8 Å². The van der Waals surface area contributed by atoms with Crippen LogP contribution in [0.5, 0.6) is 0 Å². The topological polar surface area (TPSA) is 74.1 Å². The zero-order valence-electron chi connectivity index (χ0n) is 15.1. The van der Waals surface area contributed by atoms with Crippen LogP contribution < -0.4 is 9.80 Å². The van der Waals surface area contributed by atoms with Crippen LogP contribution >= 0.6 is 0 Å². The van der Waals surface area contributed by atoms with Gasteiger partial charge in [-0.15, -0.1) is 0 Å². The van der Waals surface area contributed by atoms with Crippen molar-refractivity contribution in [3.8, 4) is 0 Å². The van der Waals surface area contributed by atoms with Crippen molar-refractivity contribution < 1.29 is 14.5 Å². The number of nitrogens with zero attached hydrogens (tertiary/aromatic N) is 5. The number of carbonyl (C=O) groups is 2. The van der Waals surface area contributed by atoms with Gasteiger partial charge in [0.1, 0.15) is 6.04 Å². The number of urea groups is 1. The van der Waals surface area contributed by atoms with Crippen molar-refractivity contribution in [2.75, 3.05) is 50.7 Å². The Balaban J connectivity index is 1.16. The van der Waals surface area contributed by atoms with Gasteiger partial charge in [0, 0.05) is 25.5 Å². The number of imide groups is 1. The first kappa shape index (κ1) is 17.2. The molecule has 0 spiro atoms. The highest BCUT2D eigenvalue weighted by atomic mass is 16.2. The molecular formula is C18H27N6O2+. The van der Waals surface area contributed by atoms with E-state index in [1.54, 1.807) is 22.2 Å². The summed E-state index contributed by atoms with van der Waals surface area (Å²) in [5.41, 5.74) is 0. The first-order chi connectivity index (χ1) is 12.7. The number of quaternary nitrogens is 1. The maximum atomic E-state index is 12.3. The van der Waals surface area contributed by atoms with Crippen LogP contribution in [-0.4, -0.2) is 83.6 Å². The molecule has 0 aliphatic carbocycles. The number of unbranched alkanes of at least 4 members (excludes halogenated alkanes) is 1. The maximum Gasteiger partial charge on any atom is 0.327 e. The molecule has 8 heteroatoms. The lowest BCUT2D eigenvalue weighted by atomic mass is 10.2. The van der Waals surface area contributed by atoms with E-state index in [1.807, 2.05) is 6.07 Å². The van der Waals surface area contributed by atoms with Crippen LogP contribution in [0.2, 0.25) is 0 Å². The molecule has 0 saturated carbocycles. The number of nitrogens with one attached hydrogen (secondary N) is 1. The van der Waals surface area contributed by atoms with Crippen molar-refractivity contribution in [1.29, 1.82) is 0 Å². The number of rotatable bonds is 6. The zero-order chi connectivity index (χ0) is 17.9. The zero-order valence-corrected chi connectivity index (χ0v) is 15.1. The predicted octanol–water partition coefficient (Wildman–Crippen LogP) is -0.612. The van der Waals surface area contributed by atoms with Gasteiger partial charge in [0.25, 0.3) is 5.91 Å². The van der Waals surface area contributed by atoms with E-state index >= 15 is 0 Å². The van der Waals surface area contributed by atoms with E-state index in [9.17, 15) is 9.59 Å². The van der Waals surface area contributed by atoms with Crippen LogP contribution in [0.15, 0.2) is 18.5 Å². The van der Waals surface area contributed by atoms with E-state index < -0.39 is 0 Å². The molecule has 0 radical (unpaired) electrons. The number of aromatic nitrogens is 2. The number of hydrogen-bond donors (Lipinski definition) is 1. The standard InChI is InChI=1S/C18H26N6O2/c25-16-15-5-3-10-23(15)18(26)24(16)9-2-1-8-21-11-13-22(14-12-21)17-19-6-4-7-20-17/h4,6-7,15H,1-3,5,8-14H2/p+1/t15-/m1/s1. The summed E-state index contributed by atoms with van der Waals surface area (Å²) in [4.78, 5) is 40.3. The van der Waals surface area contributed by atoms with Crippen LogP contribution in [0.1, 0.15) is 25.7 Å². The molecule has 26 heavy (non-hydrogen) atoms. The minimum Gasteiger partial charge on any atom is -0.332 e.